The smallest absolute Gasteiger partial charge is 0.482 e. The van der Waals surface area contributed by atoms with E-state index in [1.54, 1.807) is 45.1 Å². The van der Waals surface area contributed by atoms with E-state index in [2.05, 4.69) is 106 Å². The molecule has 0 radical (unpaired) electrons. The van der Waals surface area contributed by atoms with Gasteiger partial charge in [-0.2, -0.15) is 9.77 Å². The second-order valence-electron chi connectivity index (χ2n) is 20.1. The van der Waals surface area contributed by atoms with Gasteiger partial charge in [0.15, 0.2) is 64.2 Å². The first kappa shape index (κ1) is 104. The first-order chi connectivity index (χ1) is 55.1. The number of carbonyl (C=O) groups excluding carboxylic acids is 8. The van der Waals surface area contributed by atoms with Gasteiger partial charge in [0, 0.05) is 0 Å². The van der Waals surface area contributed by atoms with Crippen molar-refractivity contribution in [3.63, 3.8) is 0 Å². The van der Waals surface area contributed by atoms with E-state index in [1.807, 2.05) is 140 Å². The number of nitrogens with two attached hydrogens (primary N) is 2. The van der Waals surface area contributed by atoms with Crippen molar-refractivity contribution in [1.82, 2.24) is 29.9 Å². The maximum absolute atomic E-state index is 11.7. The number of aromatic amines is 1. The van der Waals surface area contributed by atoms with E-state index < -0.39 is 108 Å². The van der Waals surface area contributed by atoms with Gasteiger partial charge in [-0.25, -0.2) is 63.1 Å². The minimum Gasteiger partial charge on any atom is -0.490 e. The number of aromatic nitrogens is 6. The number of nitrogen functional groups attached to an aromatic ring is 1. The van der Waals surface area contributed by atoms with E-state index in [0.29, 0.717) is 18.3 Å². The van der Waals surface area contributed by atoms with Gasteiger partial charge in [-0.1, -0.05) is 180 Å². The fourth-order valence-electron chi connectivity index (χ4n) is 6.93. The number of hydrogen-bond acceptors (Lipinski definition) is 32. The van der Waals surface area contributed by atoms with Crippen molar-refractivity contribution in [3.05, 3.63) is 198 Å². The van der Waals surface area contributed by atoms with E-state index in [-0.39, 0.29) is 70.9 Å². The van der Waals surface area contributed by atoms with Gasteiger partial charge in [0.1, 0.15) is 24.9 Å². The highest BCUT2D eigenvalue weighted by molar-refractivity contribution is 8.24. The SMILES string of the molecule is CCOC(=O)CO.CCOC(=O)COC(C(=O)OC)C(=O)OC.CCOC(=O)COc1c(N)nc(/C=C/c2ccccc2)nc1Cl.COC(=O)C(=[N+]=[N-])C(=O)OC.COC(=O)COc1c(Cl)nc(/C=C/c2ccccc2)nc1Cl.N=C(N)/C=C/c1ccccc1.O=C(O)COc1c(O)nc(/C=C/c2ccccc2)[nH]c1=O.O=P(Cl)(Cl)Cl. The number of methoxy groups -OCH3 is 5. The summed E-state index contributed by atoms with van der Waals surface area (Å²) in [6, 6.07) is 38.4. The molecular weight excluding hydrogens is 1680 g/mol. The van der Waals surface area contributed by atoms with Crippen molar-refractivity contribution in [1.29, 1.82) is 5.41 Å². The van der Waals surface area contributed by atoms with Crippen LogP contribution in [0.2, 0.25) is 15.5 Å². The molecule has 0 fully saturated rings. The molecule has 0 saturated heterocycles. The lowest BCUT2D eigenvalue weighted by Crippen LogP contribution is -2.36. The van der Waals surface area contributed by atoms with Crippen molar-refractivity contribution in [2.24, 2.45) is 5.73 Å². The van der Waals surface area contributed by atoms with Crippen LogP contribution in [0.25, 0.3) is 48.1 Å². The molecule has 0 aliphatic rings. The van der Waals surface area contributed by atoms with Crippen LogP contribution in [0.4, 0.5) is 5.82 Å². The molecule has 37 nitrogen and oxygen atoms in total. The van der Waals surface area contributed by atoms with E-state index >= 15 is 0 Å². The Labute approximate surface area is 691 Å². The monoisotopic (exact) mass is 1750 g/mol. The van der Waals surface area contributed by atoms with Crippen molar-refractivity contribution in [2.75, 3.05) is 94.1 Å². The van der Waals surface area contributed by atoms with E-state index in [1.165, 1.54) is 13.2 Å². The molecule has 0 unspecified atom stereocenters. The van der Waals surface area contributed by atoms with Gasteiger partial charge in [0.25, 0.3) is 17.5 Å². The molecule has 116 heavy (non-hydrogen) atoms. The second-order valence-corrected chi connectivity index (χ2v) is 27.8. The molecular formula is C72H78Cl6N11O26P. The molecule has 44 heteroatoms. The fraction of sp³-hybridized carbons (Fsp3) is 0.236. The number of esters is 8. The summed E-state index contributed by atoms with van der Waals surface area (Å²) in [7, 11) is 5.54. The van der Waals surface area contributed by atoms with Crippen molar-refractivity contribution in [3.8, 4) is 23.1 Å². The van der Waals surface area contributed by atoms with Gasteiger partial charge in [-0.3, -0.25) is 14.8 Å². The molecule has 7 rings (SSSR count). The molecule has 3 heterocycles. The lowest BCUT2D eigenvalue weighted by Gasteiger charge is -2.12. The predicted octanol–water partition coefficient (Wildman–Crippen LogP) is 9.71. The number of carboxylic acids is 1. The Kier molecular flexibility index (Phi) is 54.1. The third-order valence-corrected chi connectivity index (χ3v) is 12.6. The van der Waals surface area contributed by atoms with Gasteiger partial charge in [0.2, 0.25) is 5.75 Å². The average molecular weight is 1760 g/mol. The zero-order chi connectivity index (χ0) is 87.6. The number of anilines is 1. The Morgan fingerprint density at radius 3 is 1.26 bits per heavy atom. The quantitative estimate of drug-likeness (QED) is 0.00276. The van der Waals surface area contributed by atoms with E-state index in [4.69, 9.17) is 86.4 Å². The molecule has 4 aromatic carbocycles. The summed E-state index contributed by atoms with van der Waals surface area (Å²) >= 11 is 31.9. The number of H-pyrrole nitrogens is 1. The van der Waals surface area contributed by atoms with E-state index in [0.717, 1.165) is 50.7 Å². The molecule has 0 spiro atoms. The van der Waals surface area contributed by atoms with Crippen LogP contribution in [0, 0.1) is 5.41 Å². The maximum atomic E-state index is 11.7. The molecule has 0 aliphatic heterocycles. The van der Waals surface area contributed by atoms with Crippen LogP contribution in [-0.4, -0.2) is 210 Å². The zero-order valence-corrected chi connectivity index (χ0v) is 68.1. The zero-order valence-electron chi connectivity index (χ0n) is 62.6. The van der Waals surface area contributed by atoms with Crippen LogP contribution in [0.5, 0.6) is 23.1 Å². The topological polar surface area (TPSA) is 552 Å². The Balaban J connectivity index is 0.00000135. The number of carboxylic acid groups (broad SMARTS) is 1. The predicted molar refractivity (Wildman–Crippen MR) is 428 cm³/mol. The lowest BCUT2D eigenvalue weighted by molar-refractivity contribution is -0.173. The van der Waals surface area contributed by atoms with E-state index in [9.17, 15) is 57.6 Å². The van der Waals surface area contributed by atoms with Gasteiger partial charge in [0.05, 0.1) is 55.4 Å². The van der Waals surface area contributed by atoms with Gasteiger partial charge in [-0.05, 0) is 101 Å². The van der Waals surface area contributed by atoms with Crippen molar-refractivity contribution >= 4 is 187 Å². The summed E-state index contributed by atoms with van der Waals surface area (Å²) in [5, 5.41) is 29.9. The normalized spacial score (nSPS) is 10.1. The van der Waals surface area contributed by atoms with Crippen LogP contribution in [0.3, 0.4) is 0 Å². The molecule has 0 atom stereocenters. The molecule has 0 aliphatic carbocycles. The fourth-order valence-corrected chi connectivity index (χ4v) is 7.68. The van der Waals surface area contributed by atoms with Crippen molar-refractivity contribution < 1.29 is 125 Å². The number of amidine groups is 1. The third-order valence-electron chi connectivity index (χ3n) is 11.8. The first-order valence-electron chi connectivity index (χ1n) is 32.3. The third kappa shape index (κ3) is 48.0. The lowest BCUT2D eigenvalue weighted by atomic mass is 10.2. The molecule has 0 amide bonds. The molecule has 0 bridgehead atoms. The number of nitrogens with one attached hydrogen (secondary N) is 2. The van der Waals surface area contributed by atoms with Gasteiger partial charge >= 0.3 is 64.6 Å². The first-order valence-corrected chi connectivity index (χ1v) is 37.9. The number of carbonyl (C=O) groups is 9. The van der Waals surface area contributed by atoms with Crippen LogP contribution in [0.15, 0.2) is 132 Å². The minimum atomic E-state index is -3.22. The highest BCUT2D eigenvalue weighted by Crippen LogP contribution is 2.61. The minimum absolute atomic E-state index is 0.0246. The van der Waals surface area contributed by atoms with Gasteiger partial charge in [-0.15, -0.1) is 0 Å². The number of ether oxygens (including phenoxy) is 12. The summed E-state index contributed by atoms with van der Waals surface area (Å²) < 4.78 is 64.2. The Morgan fingerprint density at radius 2 is 0.905 bits per heavy atom. The molecule has 3 aromatic heterocycles. The van der Waals surface area contributed by atoms with Crippen LogP contribution >= 0.6 is 73.7 Å². The summed E-state index contributed by atoms with van der Waals surface area (Å²) in [4.78, 5) is 133. The number of aromatic hydroxyl groups is 1. The molecule has 9 N–H and O–H groups in total. The van der Waals surface area contributed by atoms with Gasteiger partial charge < -0.3 is 94.1 Å². The Bertz CT molecular complexity index is 4500. The average Bonchev–Trinajstić information content (AvgIpc) is 0.849. The number of hydrogen-bond donors (Lipinski definition) is 7. The largest absolute Gasteiger partial charge is 0.490 e. The van der Waals surface area contributed by atoms with Crippen LogP contribution in [-0.2, 0) is 90.3 Å². The molecule has 624 valence electrons. The summed E-state index contributed by atoms with van der Waals surface area (Å²) in [6.45, 7) is 3.39. The maximum Gasteiger partial charge on any atom is 0.482 e. The van der Waals surface area contributed by atoms with Crippen molar-refractivity contribution in [2.45, 2.75) is 26.9 Å². The number of aliphatic hydroxyl groups excluding tert-OH is 1. The van der Waals surface area contributed by atoms with Crippen LogP contribution < -0.4 is 31.2 Å². The Hall–Kier alpha value is -12.2. The molecule has 7 aromatic rings. The number of aliphatic hydroxyl groups is 1. The number of nitrogens with zero attached hydrogens (tertiary/aromatic N) is 7. The molecule has 0 saturated carbocycles. The Morgan fingerprint density at radius 1 is 0.534 bits per heavy atom. The number of benzene rings is 4. The standard InChI is InChI=1S/C16H16ClN3O3.C15H12Cl2N2O3.C14H12N2O5.C9H10N2.C9H14O7.C5H6N2O4.C4H8O3.Cl3OP/c1-2-22-13(21)10-23-14-15(17)19-12(20-16(14)18)9-8-11-6-4-3-5-7-11;1-21-12(20)9-22-13-14(16)18-11(19-15(13)17)8-7-10-5-3-2-4-6-10;17-11(18)8-21-12-13(19)15-10(16-14(12)20)7-6-9-4-2-1-3-5-9;10-9(11)7-6-8-4-2-1-3-5-8;1-4-15-6(10)5-16-7(8(11)13-2)9(12)14-3;1-10-4(8)3(7-6)5(9)11-2;1-2-7-4(6)3-5;1-5(2,3)4/h3-9H,2,10H2,1H3,(H2,18,19,20);2-8H,9H2,1H3;1-7H,8H2,(H,17,18)(H2,15,16,19,20);1-7H,(H3,10,11);7H,4-5H2,1-3H3;1-2H3;5H,2-3H2,1H3;/b9-8+;8-7+;2*7-6+;;;;. The highest BCUT2D eigenvalue weighted by Gasteiger charge is 2.32. The number of aliphatic carboxylic acids is 1. The number of halogens is 6. The summed E-state index contributed by atoms with van der Waals surface area (Å²) in [5.41, 5.74) is 21.5. The number of rotatable bonds is 28. The van der Waals surface area contributed by atoms with Crippen LogP contribution in [0.1, 0.15) is 60.5 Å². The highest BCUT2D eigenvalue weighted by atomic mass is 36.0. The summed E-state index contributed by atoms with van der Waals surface area (Å²) in [5.74, 6) is -7.65. The summed E-state index contributed by atoms with van der Waals surface area (Å²) in [6.07, 6.45) is 12.1. The second kappa shape index (κ2) is 60.5.